The van der Waals surface area contributed by atoms with Crippen LogP contribution in [0.15, 0.2) is 12.2 Å². The van der Waals surface area contributed by atoms with Gasteiger partial charge in [-0.1, -0.05) is 0 Å². The van der Waals surface area contributed by atoms with Crippen molar-refractivity contribution < 1.29 is 67.8 Å². The van der Waals surface area contributed by atoms with E-state index in [1.54, 1.807) is 0 Å². The fourth-order valence-corrected chi connectivity index (χ4v) is 0.136. The Balaban J connectivity index is -0.000000245. The molecule has 0 unspecified atom stereocenters. The zero-order valence-corrected chi connectivity index (χ0v) is 9.79. The van der Waals surface area contributed by atoms with Crippen LogP contribution < -0.4 is 58.2 Å². The number of carbonyl (C=O) groups is 2. The van der Waals surface area contributed by atoms with Gasteiger partial charge >= 0.3 is 0 Å². The number of rotatable bonds is 2. The molecule has 0 atom stereocenters. The van der Waals surface area contributed by atoms with Crippen molar-refractivity contribution in [2.24, 2.45) is 0 Å². The SMILES string of the molecule is O=C([O-])/C=C\C(=O)[O-].[IH2+].[IH2+]. The fourth-order valence-electron chi connectivity index (χ4n) is 0.136. The summed E-state index contributed by atoms with van der Waals surface area (Å²) in [5, 5.41) is 18.8. The molecule has 0 aliphatic carbocycles. The quantitative estimate of drug-likeness (QED) is 0.356. The van der Waals surface area contributed by atoms with Crippen LogP contribution in [0.2, 0.25) is 0 Å². The molecule has 0 saturated heterocycles. The minimum Gasteiger partial charge on any atom is -0.545 e. The molecule has 0 aromatic carbocycles. The van der Waals surface area contributed by atoms with Gasteiger partial charge in [0.1, 0.15) is 0 Å². The van der Waals surface area contributed by atoms with Crippen LogP contribution in [0.25, 0.3) is 0 Å². The van der Waals surface area contributed by atoms with Crippen LogP contribution in [0.4, 0.5) is 0 Å². The lowest BCUT2D eigenvalue weighted by atomic mass is 10.5. The summed E-state index contributed by atoms with van der Waals surface area (Å²) in [6, 6.07) is 0. The molecule has 4 nitrogen and oxygen atoms in total. The minimum atomic E-state index is -1.55. The average molecular weight is 372 g/mol. The van der Waals surface area contributed by atoms with Crippen molar-refractivity contribution >= 4 is 11.9 Å². The first-order valence-electron chi connectivity index (χ1n) is 1.73. The maximum atomic E-state index is 9.41. The van der Waals surface area contributed by atoms with Crippen LogP contribution in [0.3, 0.4) is 0 Å². The van der Waals surface area contributed by atoms with Crippen molar-refractivity contribution in [2.75, 3.05) is 0 Å². The molecule has 6 heteroatoms. The van der Waals surface area contributed by atoms with Gasteiger partial charge in [0.25, 0.3) is 0 Å². The van der Waals surface area contributed by atoms with Gasteiger partial charge in [-0.3, -0.25) is 0 Å². The lowest BCUT2D eigenvalue weighted by Gasteiger charge is -1.90. The predicted molar refractivity (Wildman–Crippen MR) is 24.7 cm³/mol. The van der Waals surface area contributed by atoms with E-state index in [1.165, 1.54) is 0 Å². The third-order valence-corrected chi connectivity index (χ3v) is 0.355. The molecule has 0 aliphatic rings. The first-order chi connectivity index (χ1) is 3.63. The van der Waals surface area contributed by atoms with E-state index in [4.69, 9.17) is 0 Å². The number of halogens is 2. The summed E-state index contributed by atoms with van der Waals surface area (Å²) >= 11 is 0. The van der Waals surface area contributed by atoms with Crippen molar-refractivity contribution in [1.82, 2.24) is 0 Å². The van der Waals surface area contributed by atoms with Gasteiger partial charge in [0.15, 0.2) is 0 Å². The first-order valence-corrected chi connectivity index (χ1v) is 1.73. The monoisotopic (exact) mass is 372 g/mol. The van der Waals surface area contributed by atoms with Gasteiger partial charge in [-0.2, -0.15) is 0 Å². The van der Waals surface area contributed by atoms with Crippen molar-refractivity contribution in [1.29, 1.82) is 0 Å². The van der Waals surface area contributed by atoms with E-state index in [1.807, 2.05) is 0 Å². The molecule has 0 saturated carbocycles. The van der Waals surface area contributed by atoms with Gasteiger partial charge in [0.05, 0.1) is 11.9 Å². The second kappa shape index (κ2) is 9.14. The largest absolute Gasteiger partial charge is 0.545 e. The van der Waals surface area contributed by atoms with Gasteiger partial charge in [0.2, 0.25) is 48.0 Å². The highest BCUT2D eigenvalue weighted by atomic mass is 127. The summed E-state index contributed by atoms with van der Waals surface area (Å²) in [4.78, 5) is 18.8. The number of carbonyl (C=O) groups excluding carboxylic acids is 2. The number of carboxylic acids is 2. The van der Waals surface area contributed by atoms with Crippen LogP contribution in [0.5, 0.6) is 0 Å². The van der Waals surface area contributed by atoms with Crippen LogP contribution in [-0.4, -0.2) is 11.9 Å². The van der Waals surface area contributed by atoms with Crippen molar-refractivity contribution in [3.63, 3.8) is 0 Å². The molecule has 0 aromatic heterocycles. The van der Waals surface area contributed by atoms with E-state index in [2.05, 4.69) is 0 Å². The lowest BCUT2D eigenvalue weighted by molar-refractivity contribution is -0.301. The first kappa shape index (κ1) is 16.6. The molecule has 0 aromatic rings. The molecule has 10 heavy (non-hydrogen) atoms. The molecule has 0 amide bonds. The molecule has 0 fully saturated rings. The van der Waals surface area contributed by atoms with Gasteiger partial charge in [-0.05, 0) is 12.2 Å². The van der Waals surface area contributed by atoms with Gasteiger partial charge in [0, 0.05) is 0 Å². The molecule has 0 N–H and O–H groups in total. The average Bonchev–Trinajstić information content (AvgIpc) is 1.61. The molecule has 0 spiro atoms. The van der Waals surface area contributed by atoms with Crippen LogP contribution in [0.1, 0.15) is 0 Å². The second-order valence-electron chi connectivity index (χ2n) is 0.971. The summed E-state index contributed by atoms with van der Waals surface area (Å²) < 4.78 is 0. The van der Waals surface area contributed by atoms with E-state index in [0.717, 1.165) is 0 Å². The standard InChI is InChI=1S/C4H4O4.2H2I/c5-3(6)1-2-4(7)8;;/h1-2H,(H,5,6)(H,7,8);2*1H2/q;2*+1/p-2/b2-1-;;. The van der Waals surface area contributed by atoms with Gasteiger partial charge in [-0.25, -0.2) is 0 Å². The Morgan fingerprint density at radius 3 is 1.20 bits per heavy atom. The minimum absolute atomic E-state index is 0. The fraction of sp³-hybridized carbons (Fsp3) is 0. The van der Waals surface area contributed by atoms with E-state index in [0.29, 0.717) is 12.2 Å². The van der Waals surface area contributed by atoms with Crippen LogP contribution in [-0.2, 0) is 9.59 Å². The Labute approximate surface area is 91.3 Å². The Hall–Kier alpha value is 0.140. The summed E-state index contributed by atoms with van der Waals surface area (Å²) in [6.07, 6.45) is 0.769. The molecule has 0 radical (unpaired) electrons. The molecule has 0 aliphatic heterocycles. The number of hydrogen-bond acceptors (Lipinski definition) is 4. The Bertz CT molecular complexity index is 126. The zero-order chi connectivity index (χ0) is 6.57. The maximum Gasteiger partial charge on any atom is 0.235 e. The Morgan fingerprint density at radius 1 is 0.900 bits per heavy atom. The van der Waals surface area contributed by atoms with Crippen molar-refractivity contribution in [3.8, 4) is 0 Å². The highest BCUT2D eigenvalue weighted by molar-refractivity contribution is 5.87. The van der Waals surface area contributed by atoms with E-state index < -0.39 is 11.9 Å². The molecular formula is C4H6I2O4. The number of aliphatic carboxylic acids is 2. The van der Waals surface area contributed by atoms with Crippen LogP contribution in [0, 0.1) is 0 Å². The topological polar surface area (TPSA) is 80.3 Å². The molecular weight excluding hydrogens is 366 g/mol. The molecule has 60 valence electrons. The Morgan fingerprint density at radius 2 is 1.10 bits per heavy atom. The van der Waals surface area contributed by atoms with E-state index in [9.17, 15) is 19.8 Å². The summed E-state index contributed by atoms with van der Waals surface area (Å²) in [6.45, 7) is 0. The summed E-state index contributed by atoms with van der Waals surface area (Å²) in [5.41, 5.74) is 0. The van der Waals surface area contributed by atoms with Gasteiger partial charge < -0.3 is 19.8 Å². The third kappa shape index (κ3) is 15.7. The van der Waals surface area contributed by atoms with E-state index in [-0.39, 0.29) is 48.0 Å². The molecule has 0 rings (SSSR count). The van der Waals surface area contributed by atoms with E-state index >= 15 is 0 Å². The van der Waals surface area contributed by atoms with Crippen LogP contribution >= 0.6 is 0 Å². The van der Waals surface area contributed by atoms with Gasteiger partial charge in [-0.15, -0.1) is 0 Å². The zero-order valence-electron chi connectivity index (χ0n) is 4.68. The third-order valence-electron chi connectivity index (χ3n) is 0.355. The van der Waals surface area contributed by atoms with Crippen molar-refractivity contribution in [2.45, 2.75) is 0 Å². The highest BCUT2D eigenvalue weighted by Crippen LogP contribution is 1.64. The predicted octanol–water partition coefficient (Wildman–Crippen LogP) is -10.0. The lowest BCUT2D eigenvalue weighted by Crippen LogP contribution is -3.00. The second-order valence-corrected chi connectivity index (χ2v) is 0.971. The number of hydrogen-bond donors (Lipinski definition) is 0. The molecule has 0 bridgehead atoms. The Kier molecular flexibility index (Phi) is 15.2. The highest BCUT2D eigenvalue weighted by Gasteiger charge is 1.70. The summed E-state index contributed by atoms with van der Waals surface area (Å²) in [5.74, 6) is -3.09. The normalized spacial score (nSPS) is 7.60. The molecule has 0 heterocycles. The summed E-state index contributed by atoms with van der Waals surface area (Å²) in [7, 11) is 0. The number of carboxylic acid groups (broad SMARTS) is 2. The van der Waals surface area contributed by atoms with Crippen molar-refractivity contribution in [3.05, 3.63) is 12.2 Å². The maximum absolute atomic E-state index is 9.41. The smallest absolute Gasteiger partial charge is 0.235 e.